The Hall–Kier alpha value is -0.400. The molecule has 0 spiro atoms. The summed E-state index contributed by atoms with van der Waals surface area (Å²) >= 11 is 5.48. The largest absolute Gasteiger partial charge is 0.354 e. The van der Waals surface area contributed by atoms with Crippen molar-refractivity contribution in [1.29, 1.82) is 0 Å². The summed E-state index contributed by atoms with van der Waals surface area (Å²) in [7, 11) is 0. The predicted octanol–water partition coefficient (Wildman–Crippen LogP) is -0.120. The van der Waals surface area contributed by atoms with E-state index in [0.29, 0.717) is 37.2 Å². The third-order valence-corrected chi connectivity index (χ3v) is 3.32. The molecule has 0 saturated carbocycles. The minimum absolute atomic E-state index is 0.0684. The molecule has 0 rings (SSSR count). The summed E-state index contributed by atoms with van der Waals surface area (Å²) in [6, 6.07) is 0. The molecule has 0 atom stereocenters. The molecule has 0 aliphatic heterocycles. The molecule has 0 fully saturated rings. The van der Waals surface area contributed by atoms with Gasteiger partial charge in [-0.1, -0.05) is 13.8 Å². The summed E-state index contributed by atoms with van der Waals surface area (Å²) in [5.74, 6) is 0.720. The molecule has 7 heteroatoms. The molecular weight excluding hydrogens is 270 g/mol. The van der Waals surface area contributed by atoms with Crippen LogP contribution in [0, 0.1) is 0 Å². The van der Waals surface area contributed by atoms with Crippen molar-refractivity contribution in [2.75, 3.05) is 37.7 Å². The van der Waals surface area contributed by atoms with Gasteiger partial charge in [0.25, 0.3) is 0 Å². The van der Waals surface area contributed by atoms with Crippen molar-refractivity contribution >= 4 is 36.2 Å². The number of carbonyl (C=O) groups is 2. The van der Waals surface area contributed by atoms with E-state index in [-0.39, 0.29) is 17.6 Å². The van der Waals surface area contributed by atoms with Gasteiger partial charge in [-0.3, -0.25) is 9.59 Å². The number of thiol groups is 1. The lowest BCUT2D eigenvalue weighted by Gasteiger charge is -2.08. The van der Waals surface area contributed by atoms with Gasteiger partial charge < -0.3 is 16.0 Å². The molecule has 18 heavy (non-hydrogen) atoms. The number of rotatable bonds is 10. The van der Waals surface area contributed by atoms with Crippen LogP contribution in [0.25, 0.3) is 0 Å². The van der Waals surface area contributed by atoms with Crippen LogP contribution in [0.1, 0.15) is 13.8 Å². The van der Waals surface area contributed by atoms with Gasteiger partial charge in [0.15, 0.2) is 0 Å². The van der Waals surface area contributed by atoms with Crippen molar-refractivity contribution in [3.63, 3.8) is 0 Å². The number of hydrogen-bond acceptors (Lipinski definition) is 5. The smallest absolute Gasteiger partial charge is 0.230 e. The maximum absolute atomic E-state index is 11.3. The number of thioether (sulfide) groups is 1. The van der Waals surface area contributed by atoms with Gasteiger partial charge in [-0.05, 0) is 5.25 Å². The zero-order valence-corrected chi connectivity index (χ0v) is 12.7. The third-order valence-electron chi connectivity index (χ3n) is 1.94. The van der Waals surface area contributed by atoms with Crippen molar-refractivity contribution in [3.8, 4) is 0 Å². The Morgan fingerprint density at radius 1 is 1.06 bits per heavy atom. The third kappa shape index (κ3) is 12.1. The summed E-state index contributed by atoms with van der Waals surface area (Å²) in [5, 5.41) is 9.12. The lowest BCUT2D eigenvalue weighted by atomic mass is 10.5. The van der Waals surface area contributed by atoms with Crippen LogP contribution in [0.2, 0.25) is 0 Å². The van der Waals surface area contributed by atoms with Crippen molar-refractivity contribution in [2.24, 2.45) is 0 Å². The highest BCUT2D eigenvalue weighted by Crippen LogP contribution is 2.07. The van der Waals surface area contributed by atoms with Crippen LogP contribution in [-0.2, 0) is 9.59 Å². The van der Waals surface area contributed by atoms with Gasteiger partial charge in [-0.15, -0.1) is 11.8 Å². The van der Waals surface area contributed by atoms with E-state index in [1.54, 1.807) is 11.8 Å². The highest BCUT2D eigenvalue weighted by Gasteiger charge is 2.02. The standard InChI is InChI=1S/C11H23N3O2S2/c1-9(2)18-8-11(16)14-6-4-12-3-5-13-10(15)7-17/h9,12,17H,3-8H2,1-2H3,(H,13,15)(H,14,16). The molecule has 0 aromatic heterocycles. The first-order valence-corrected chi connectivity index (χ1v) is 7.71. The van der Waals surface area contributed by atoms with E-state index in [1.807, 2.05) is 0 Å². The number of hydrogen-bond donors (Lipinski definition) is 4. The molecule has 2 amide bonds. The van der Waals surface area contributed by atoms with E-state index in [2.05, 4.69) is 42.4 Å². The lowest BCUT2D eigenvalue weighted by molar-refractivity contribution is -0.119. The minimum Gasteiger partial charge on any atom is -0.354 e. The first-order valence-electron chi connectivity index (χ1n) is 6.02. The second-order valence-corrected chi connectivity index (χ2v) is 5.85. The van der Waals surface area contributed by atoms with Gasteiger partial charge in [0.1, 0.15) is 0 Å². The number of carbonyl (C=O) groups excluding carboxylic acids is 2. The van der Waals surface area contributed by atoms with Crippen LogP contribution in [-0.4, -0.2) is 54.7 Å². The molecule has 0 aliphatic carbocycles. The minimum atomic E-state index is -0.0702. The Morgan fingerprint density at radius 3 is 2.11 bits per heavy atom. The normalized spacial score (nSPS) is 10.4. The second-order valence-electron chi connectivity index (χ2n) is 3.97. The van der Waals surface area contributed by atoms with E-state index in [4.69, 9.17) is 0 Å². The first-order chi connectivity index (χ1) is 8.56. The zero-order chi connectivity index (χ0) is 13.8. The Balaban J connectivity index is 3.25. The van der Waals surface area contributed by atoms with Gasteiger partial charge in [0, 0.05) is 26.2 Å². The van der Waals surface area contributed by atoms with Crippen molar-refractivity contribution in [1.82, 2.24) is 16.0 Å². The lowest BCUT2D eigenvalue weighted by Crippen LogP contribution is -2.37. The van der Waals surface area contributed by atoms with Gasteiger partial charge in [0.05, 0.1) is 11.5 Å². The van der Waals surface area contributed by atoms with Crippen LogP contribution in [0.4, 0.5) is 0 Å². The molecule has 0 radical (unpaired) electrons. The Kier molecular flexibility index (Phi) is 11.4. The number of nitrogens with one attached hydrogen (secondary N) is 3. The molecule has 106 valence electrons. The average Bonchev–Trinajstić information content (AvgIpc) is 2.34. The number of amides is 2. The summed E-state index contributed by atoms with van der Waals surface area (Å²) < 4.78 is 0. The molecule has 0 unspecified atom stereocenters. The second kappa shape index (κ2) is 11.7. The summed E-state index contributed by atoms with van der Waals surface area (Å²) in [6.45, 7) is 6.72. The van der Waals surface area contributed by atoms with Crippen molar-refractivity contribution < 1.29 is 9.59 Å². The van der Waals surface area contributed by atoms with E-state index >= 15 is 0 Å². The molecule has 0 aromatic carbocycles. The predicted molar refractivity (Wildman–Crippen MR) is 80.3 cm³/mol. The van der Waals surface area contributed by atoms with Crippen molar-refractivity contribution in [2.45, 2.75) is 19.1 Å². The van der Waals surface area contributed by atoms with Crippen LogP contribution in [0.15, 0.2) is 0 Å². The Bertz CT molecular complexity index is 250. The van der Waals surface area contributed by atoms with E-state index in [1.165, 1.54) is 0 Å². The van der Waals surface area contributed by atoms with Gasteiger partial charge in [-0.2, -0.15) is 12.6 Å². The molecule has 0 saturated heterocycles. The van der Waals surface area contributed by atoms with Crippen LogP contribution in [0.5, 0.6) is 0 Å². The molecule has 3 N–H and O–H groups in total. The first kappa shape index (κ1) is 17.6. The molecule has 0 heterocycles. The molecule has 0 aromatic rings. The van der Waals surface area contributed by atoms with E-state index < -0.39 is 0 Å². The maximum atomic E-state index is 11.3. The van der Waals surface area contributed by atoms with Crippen molar-refractivity contribution in [3.05, 3.63) is 0 Å². The fourth-order valence-electron chi connectivity index (χ4n) is 1.05. The van der Waals surface area contributed by atoms with Gasteiger partial charge in [0.2, 0.25) is 11.8 Å². The zero-order valence-electron chi connectivity index (χ0n) is 11.0. The van der Waals surface area contributed by atoms with Crippen LogP contribution in [0.3, 0.4) is 0 Å². The Labute approximate surface area is 119 Å². The van der Waals surface area contributed by atoms with E-state index in [0.717, 1.165) is 0 Å². The van der Waals surface area contributed by atoms with Crippen LogP contribution >= 0.6 is 24.4 Å². The average molecular weight is 293 g/mol. The summed E-state index contributed by atoms with van der Waals surface area (Å²) in [4.78, 5) is 22.2. The fraction of sp³-hybridized carbons (Fsp3) is 0.818. The molecule has 0 aliphatic rings. The molecule has 0 bridgehead atoms. The summed E-state index contributed by atoms with van der Waals surface area (Å²) in [5.41, 5.74) is 0. The maximum Gasteiger partial charge on any atom is 0.230 e. The molecular formula is C11H23N3O2S2. The monoisotopic (exact) mass is 293 g/mol. The fourth-order valence-corrected chi connectivity index (χ4v) is 1.75. The molecule has 5 nitrogen and oxygen atoms in total. The van der Waals surface area contributed by atoms with Gasteiger partial charge in [-0.25, -0.2) is 0 Å². The van der Waals surface area contributed by atoms with Gasteiger partial charge >= 0.3 is 0 Å². The highest BCUT2D eigenvalue weighted by atomic mass is 32.2. The Morgan fingerprint density at radius 2 is 1.61 bits per heavy atom. The van der Waals surface area contributed by atoms with E-state index in [9.17, 15) is 9.59 Å². The summed E-state index contributed by atoms with van der Waals surface area (Å²) in [6.07, 6.45) is 0. The quantitative estimate of drug-likeness (QED) is 0.335. The topological polar surface area (TPSA) is 70.2 Å². The SMILES string of the molecule is CC(C)SCC(=O)NCCNCCNC(=O)CS. The highest BCUT2D eigenvalue weighted by molar-refractivity contribution is 8.00. The van der Waals surface area contributed by atoms with Crippen LogP contribution < -0.4 is 16.0 Å².